The molecule has 1 aromatic heterocycles. The van der Waals surface area contributed by atoms with Crippen molar-refractivity contribution in [1.82, 2.24) is 4.98 Å². The topological polar surface area (TPSA) is 33.1 Å². The summed E-state index contributed by atoms with van der Waals surface area (Å²) in [5.74, 6) is 0. The number of nitrogens with zero attached hydrogens (tertiary/aromatic N) is 1. The van der Waals surface area contributed by atoms with Crippen molar-refractivity contribution in [3.8, 4) is 0 Å². The highest BCUT2D eigenvalue weighted by Gasteiger charge is 2.11. The lowest BCUT2D eigenvalue weighted by molar-refractivity contribution is 0.217. The maximum absolute atomic E-state index is 9.96. The van der Waals surface area contributed by atoms with Gasteiger partial charge in [-0.2, -0.15) is 0 Å². The number of pyridine rings is 1. The van der Waals surface area contributed by atoms with Crippen molar-refractivity contribution in [3.05, 3.63) is 54.4 Å². The van der Waals surface area contributed by atoms with E-state index in [1.54, 1.807) is 12.4 Å². The molecule has 0 fully saturated rings. The summed E-state index contributed by atoms with van der Waals surface area (Å²) in [5.41, 5.74) is 1.55. The lowest BCUT2D eigenvalue weighted by Gasteiger charge is -2.12. The van der Waals surface area contributed by atoms with E-state index in [9.17, 15) is 5.11 Å². The zero-order valence-corrected chi connectivity index (χ0v) is 8.64. The molecule has 0 saturated heterocycles. The zero-order valence-electron chi connectivity index (χ0n) is 8.64. The molecule has 1 N–H and O–H groups in total. The van der Waals surface area contributed by atoms with Gasteiger partial charge in [0.15, 0.2) is 0 Å². The van der Waals surface area contributed by atoms with E-state index in [-0.39, 0.29) is 0 Å². The number of fused-ring (bicyclic) bond motifs is 1. The number of hydrogen-bond acceptors (Lipinski definition) is 2. The SMILES string of the molecule is C=C(C)C(O)c1cncc2ccccc12. The average molecular weight is 199 g/mol. The van der Waals surface area contributed by atoms with Crippen molar-refractivity contribution in [1.29, 1.82) is 0 Å². The van der Waals surface area contributed by atoms with Crippen LogP contribution < -0.4 is 0 Å². The fraction of sp³-hybridized carbons (Fsp3) is 0.154. The molecule has 0 bridgehead atoms. The third-order valence-electron chi connectivity index (χ3n) is 2.46. The Morgan fingerprint density at radius 1 is 1.33 bits per heavy atom. The Labute approximate surface area is 88.9 Å². The van der Waals surface area contributed by atoms with Gasteiger partial charge in [0.05, 0.1) is 0 Å². The van der Waals surface area contributed by atoms with Gasteiger partial charge in [-0.3, -0.25) is 4.98 Å². The second-order valence-electron chi connectivity index (χ2n) is 3.70. The van der Waals surface area contributed by atoms with Gasteiger partial charge in [0.25, 0.3) is 0 Å². The summed E-state index contributed by atoms with van der Waals surface area (Å²) in [5, 5.41) is 12.0. The van der Waals surface area contributed by atoms with Crippen LogP contribution in [-0.2, 0) is 0 Å². The Kier molecular flexibility index (Phi) is 2.52. The number of benzene rings is 1. The van der Waals surface area contributed by atoms with Crippen LogP contribution in [0.25, 0.3) is 10.8 Å². The van der Waals surface area contributed by atoms with Gasteiger partial charge in [-0.1, -0.05) is 30.8 Å². The third kappa shape index (κ3) is 1.76. The molecule has 2 rings (SSSR count). The number of aliphatic hydroxyl groups is 1. The van der Waals surface area contributed by atoms with Gasteiger partial charge in [-0.25, -0.2) is 0 Å². The Bertz CT molecular complexity index is 499. The molecule has 0 amide bonds. The van der Waals surface area contributed by atoms with Crippen LogP contribution in [0.3, 0.4) is 0 Å². The second-order valence-corrected chi connectivity index (χ2v) is 3.70. The van der Waals surface area contributed by atoms with Gasteiger partial charge in [0.1, 0.15) is 6.10 Å². The van der Waals surface area contributed by atoms with Crippen molar-refractivity contribution in [2.75, 3.05) is 0 Å². The molecule has 15 heavy (non-hydrogen) atoms. The summed E-state index contributed by atoms with van der Waals surface area (Å²) in [6, 6.07) is 7.88. The number of rotatable bonds is 2. The van der Waals surface area contributed by atoms with Crippen LogP contribution in [0.2, 0.25) is 0 Å². The van der Waals surface area contributed by atoms with Crippen LogP contribution in [0.5, 0.6) is 0 Å². The van der Waals surface area contributed by atoms with E-state index < -0.39 is 6.10 Å². The van der Waals surface area contributed by atoms with Crippen LogP contribution in [0, 0.1) is 0 Å². The Morgan fingerprint density at radius 2 is 2.07 bits per heavy atom. The number of aromatic nitrogens is 1. The molecule has 0 aliphatic rings. The van der Waals surface area contributed by atoms with Gasteiger partial charge in [-0.15, -0.1) is 0 Å². The first-order chi connectivity index (χ1) is 7.20. The molecule has 0 aliphatic heterocycles. The molecular weight excluding hydrogens is 186 g/mol. The van der Waals surface area contributed by atoms with E-state index in [0.717, 1.165) is 21.9 Å². The standard InChI is InChI=1S/C13H13NO/c1-9(2)13(15)12-8-14-7-10-5-3-4-6-11(10)12/h3-8,13,15H,1H2,2H3. The molecular formula is C13H13NO. The van der Waals surface area contributed by atoms with Gasteiger partial charge < -0.3 is 5.11 Å². The molecule has 1 unspecified atom stereocenters. The predicted octanol–water partition coefficient (Wildman–Crippen LogP) is 2.84. The van der Waals surface area contributed by atoms with E-state index in [2.05, 4.69) is 11.6 Å². The predicted molar refractivity (Wildman–Crippen MR) is 61.5 cm³/mol. The molecule has 0 saturated carbocycles. The van der Waals surface area contributed by atoms with E-state index in [1.807, 2.05) is 31.2 Å². The first kappa shape index (κ1) is 9.87. The summed E-state index contributed by atoms with van der Waals surface area (Å²) in [4.78, 5) is 4.12. The Morgan fingerprint density at radius 3 is 2.80 bits per heavy atom. The lowest BCUT2D eigenvalue weighted by atomic mass is 10.00. The minimum Gasteiger partial charge on any atom is -0.384 e. The first-order valence-electron chi connectivity index (χ1n) is 4.86. The molecule has 0 radical (unpaired) electrons. The van der Waals surface area contributed by atoms with Crippen LogP contribution in [0.1, 0.15) is 18.6 Å². The van der Waals surface area contributed by atoms with Crippen molar-refractivity contribution >= 4 is 10.8 Å². The van der Waals surface area contributed by atoms with Gasteiger partial charge in [0, 0.05) is 23.3 Å². The highest BCUT2D eigenvalue weighted by atomic mass is 16.3. The fourth-order valence-electron chi connectivity index (χ4n) is 1.62. The minimum absolute atomic E-state index is 0.636. The number of aliphatic hydroxyl groups excluding tert-OH is 1. The van der Waals surface area contributed by atoms with Crippen LogP contribution in [0.15, 0.2) is 48.8 Å². The lowest BCUT2D eigenvalue weighted by Crippen LogP contribution is -1.99. The molecule has 0 spiro atoms. The largest absolute Gasteiger partial charge is 0.384 e. The summed E-state index contributed by atoms with van der Waals surface area (Å²) in [7, 11) is 0. The third-order valence-corrected chi connectivity index (χ3v) is 2.46. The van der Waals surface area contributed by atoms with E-state index in [1.165, 1.54) is 0 Å². The maximum atomic E-state index is 9.96. The highest BCUT2D eigenvalue weighted by Crippen LogP contribution is 2.26. The Hall–Kier alpha value is -1.67. The van der Waals surface area contributed by atoms with Gasteiger partial charge in [0.2, 0.25) is 0 Å². The molecule has 2 heteroatoms. The van der Waals surface area contributed by atoms with Gasteiger partial charge in [-0.05, 0) is 17.9 Å². The Balaban J connectivity index is 2.65. The average Bonchev–Trinajstić information content (AvgIpc) is 2.27. The van der Waals surface area contributed by atoms with Crippen molar-refractivity contribution in [2.45, 2.75) is 13.0 Å². The molecule has 2 nitrogen and oxygen atoms in total. The van der Waals surface area contributed by atoms with Crippen molar-refractivity contribution < 1.29 is 5.11 Å². The molecule has 1 heterocycles. The molecule has 2 aromatic rings. The zero-order chi connectivity index (χ0) is 10.8. The van der Waals surface area contributed by atoms with Crippen LogP contribution in [-0.4, -0.2) is 10.1 Å². The quantitative estimate of drug-likeness (QED) is 0.754. The summed E-state index contributed by atoms with van der Waals surface area (Å²) < 4.78 is 0. The summed E-state index contributed by atoms with van der Waals surface area (Å²) >= 11 is 0. The van der Waals surface area contributed by atoms with E-state index >= 15 is 0 Å². The van der Waals surface area contributed by atoms with E-state index in [0.29, 0.717) is 0 Å². The molecule has 0 aliphatic carbocycles. The van der Waals surface area contributed by atoms with Crippen LogP contribution in [0.4, 0.5) is 0 Å². The maximum Gasteiger partial charge on any atom is 0.102 e. The molecule has 76 valence electrons. The van der Waals surface area contributed by atoms with Crippen molar-refractivity contribution in [2.24, 2.45) is 0 Å². The second kappa shape index (κ2) is 3.83. The molecule has 1 aromatic carbocycles. The minimum atomic E-state index is -0.636. The molecule has 1 atom stereocenters. The summed E-state index contributed by atoms with van der Waals surface area (Å²) in [6.07, 6.45) is 2.86. The fourth-order valence-corrected chi connectivity index (χ4v) is 1.62. The normalized spacial score (nSPS) is 12.7. The van der Waals surface area contributed by atoms with Crippen LogP contribution >= 0.6 is 0 Å². The van der Waals surface area contributed by atoms with Crippen molar-refractivity contribution in [3.63, 3.8) is 0 Å². The smallest absolute Gasteiger partial charge is 0.102 e. The van der Waals surface area contributed by atoms with Gasteiger partial charge >= 0.3 is 0 Å². The number of hydrogen-bond donors (Lipinski definition) is 1. The monoisotopic (exact) mass is 199 g/mol. The summed E-state index contributed by atoms with van der Waals surface area (Å²) in [6.45, 7) is 5.57. The highest BCUT2D eigenvalue weighted by molar-refractivity contribution is 5.85. The van der Waals surface area contributed by atoms with E-state index in [4.69, 9.17) is 0 Å². The first-order valence-corrected chi connectivity index (χ1v) is 4.86.